The minimum atomic E-state index is -3.55. The summed E-state index contributed by atoms with van der Waals surface area (Å²) in [4.78, 5) is 27.7. The zero-order valence-corrected chi connectivity index (χ0v) is 22.5. The Morgan fingerprint density at radius 1 is 1.03 bits per heavy atom. The van der Waals surface area contributed by atoms with Gasteiger partial charge in [-0.3, -0.25) is 9.59 Å². The molecule has 2 heterocycles. The molecule has 39 heavy (non-hydrogen) atoms. The molecule has 1 saturated heterocycles. The summed E-state index contributed by atoms with van der Waals surface area (Å²) in [6, 6.07) is 20.6. The number of carbonyl (C=O) groups is 2. The van der Waals surface area contributed by atoms with E-state index in [2.05, 4.69) is 5.32 Å². The Morgan fingerprint density at radius 2 is 1.74 bits per heavy atom. The Morgan fingerprint density at radius 3 is 2.46 bits per heavy atom. The van der Waals surface area contributed by atoms with Crippen molar-refractivity contribution in [3.63, 3.8) is 0 Å². The molecular weight excluding hydrogens is 518 g/mol. The SMILES string of the molecule is CC1Oc2ccc(NC(=O)c3ccc(S(=O)(=O)N4CCCC4)cc3)cc2N(CCCOc2ccccc2)C1=O. The molecule has 3 aromatic carbocycles. The number of sulfonamides is 1. The molecule has 2 amide bonds. The molecule has 1 atom stereocenters. The summed E-state index contributed by atoms with van der Waals surface area (Å²) in [6.45, 7) is 3.62. The van der Waals surface area contributed by atoms with E-state index < -0.39 is 16.1 Å². The third-order valence-electron chi connectivity index (χ3n) is 6.78. The Hall–Kier alpha value is -3.89. The zero-order chi connectivity index (χ0) is 27.4. The van der Waals surface area contributed by atoms with Crippen LogP contribution in [0.2, 0.25) is 0 Å². The number of para-hydroxylation sites is 1. The number of nitrogens with zero attached hydrogens (tertiary/aromatic N) is 2. The molecular formula is C29H31N3O6S. The monoisotopic (exact) mass is 549 g/mol. The van der Waals surface area contributed by atoms with Gasteiger partial charge in [-0.2, -0.15) is 4.31 Å². The highest BCUT2D eigenvalue weighted by Gasteiger charge is 2.32. The van der Waals surface area contributed by atoms with Crippen molar-refractivity contribution in [3.05, 3.63) is 78.4 Å². The first-order valence-corrected chi connectivity index (χ1v) is 14.5. The van der Waals surface area contributed by atoms with Gasteiger partial charge >= 0.3 is 0 Å². The van der Waals surface area contributed by atoms with Crippen LogP contribution in [0.4, 0.5) is 11.4 Å². The molecule has 0 aliphatic carbocycles. The van der Waals surface area contributed by atoms with E-state index in [1.807, 2.05) is 30.3 Å². The number of hydrogen-bond acceptors (Lipinski definition) is 6. The predicted molar refractivity (Wildman–Crippen MR) is 148 cm³/mol. The van der Waals surface area contributed by atoms with E-state index in [9.17, 15) is 18.0 Å². The van der Waals surface area contributed by atoms with Crippen LogP contribution in [-0.4, -0.2) is 56.9 Å². The van der Waals surface area contributed by atoms with Crippen LogP contribution >= 0.6 is 0 Å². The molecule has 9 nitrogen and oxygen atoms in total. The van der Waals surface area contributed by atoms with E-state index in [1.165, 1.54) is 28.6 Å². The van der Waals surface area contributed by atoms with Crippen LogP contribution in [0.25, 0.3) is 0 Å². The second-order valence-electron chi connectivity index (χ2n) is 9.54. The van der Waals surface area contributed by atoms with E-state index >= 15 is 0 Å². The van der Waals surface area contributed by atoms with Gasteiger partial charge in [-0.05, 0) is 80.8 Å². The van der Waals surface area contributed by atoms with Crippen LogP contribution in [0.3, 0.4) is 0 Å². The number of nitrogens with one attached hydrogen (secondary N) is 1. The Kier molecular flexibility index (Phi) is 7.85. The van der Waals surface area contributed by atoms with E-state index in [4.69, 9.17) is 9.47 Å². The average molecular weight is 550 g/mol. The van der Waals surface area contributed by atoms with Gasteiger partial charge in [0.25, 0.3) is 11.8 Å². The molecule has 2 aliphatic rings. The average Bonchev–Trinajstić information content (AvgIpc) is 3.50. The zero-order valence-electron chi connectivity index (χ0n) is 21.7. The minimum Gasteiger partial charge on any atom is -0.494 e. The number of amides is 2. The molecule has 0 radical (unpaired) electrons. The number of fused-ring (bicyclic) bond motifs is 1. The molecule has 2 aliphatic heterocycles. The van der Waals surface area contributed by atoms with Crippen LogP contribution in [0.15, 0.2) is 77.7 Å². The quantitative estimate of drug-likeness (QED) is 0.399. The molecule has 0 spiro atoms. The highest BCUT2D eigenvalue weighted by atomic mass is 32.2. The van der Waals surface area contributed by atoms with Gasteiger partial charge in [0.1, 0.15) is 11.5 Å². The Labute approximate surface area is 228 Å². The van der Waals surface area contributed by atoms with Crippen LogP contribution in [-0.2, 0) is 14.8 Å². The summed E-state index contributed by atoms with van der Waals surface area (Å²) in [5, 5.41) is 2.84. The molecule has 10 heteroatoms. The van der Waals surface area contributed by atoms with E-state index in [1.54, 1.807) is 30.0 Å². The van der Waals surface area contributed by atoms with Crippen LogP contribution in [0.5, 0.6) is 11.5 Å². The highest BCUT2D eigenvalue weighted by Crippen LogP contribution is 2.36. The summed E-state index contributed by atoms with van der Waals surface area (Å²) >= 11 is 0. The lowest BCUT2D eigenvalue weighted by Crippen LogP contribution is -2.45. The standard InChI is InChI=1S/C29H31N3O6S/c1-21-29(34)32(18-7-19-37-24-8-3-2-4-9-24)26-20-23(12-15-27(26)38-21)30-28(33)22-10-13-25(14-11-22)39(35,36)31-16-5-6-17-31/h2-4,8-15,20-21H,5-7,16-19H2,1H3,(H,30,33). The maximum atomic E-state index is 12.9. The molecule has 5 rings (SSSR count). The van der Waals surface area contributed by atoms with Gasteiger partial charge in [-0.15, -0.1) is 0 Å². The number of anilines is 2. The van der Waals surface area contributed by atoms with E-state index in [-0.39, 0.29) is 16.7 Å². The minimum absolute atomic E-state index is 0.166. The van der Waals surface area contributed by atoms with Crippen molar-refractivity contribution in [1.82, 2.24) is 4.31 Å². The van der Waals surface area contributed by atoms with Gasteiger partial charge in [0.05, 0.1) is 17.2 Å². The largest absolute Gasteiger partial charge is 0.494 e. The number of ether oxygens (including phenoxy) is 2. The fraction of sp³-hybridized carbons (Fsp3) is 0.310. The number of rotatable bonds is 9. The van der Waals surface area contributed by atoms with Gasteiger partial charge in [0.15, 0.2) is 6.10 Å². The molecule has 1 unspecified atom stereocenters. The van der Waals surface area contributed by atoms with Crippen LogP contribution < -0.4 is 19.7 Å². The van der Waals surface area contributed by atoms with E-state index in [0.717, 1.165) is 18.6 Å². The fourth-order valence-electron chi connectivity index (χ4n) is 4.70. The maximum Gasteiger partial charge on any atom is 0.267 e. The Balaban J connectivity index is 1.26. The Bertz CT molecular complexity index is 1440. The number of benzene rings is 3. The van der Waals surface area contributed by atoms with Gasteiger partial charge in [0, 0.05) is 30.9 Å². The first-order chi connectivity index (χ1) is 18.8. The van der Waals surface area contributed by atoms with Gasteiger partial charge < -0.3 is 19.7 Å². The molecule has 1 fully saturated rings. The third-order valence-corrected chi connectivity index (χ3v) is 8.70. The van der Waals surface area contributed by atoms with Crippen molar-refractivity contribution in [3.8, 4) is 11.5 Å². The highest BCUT2D eigenvalue weighted by molar-refractivity contribution is 7.89. The first-order valence-electron chi connectivity index (χ1n) is 13.0. The molecule has 204 valence electrons. The first kappa shape index (κ1) is 26.7. The normalized spacial score (nSPS) is 17.4. The molecule has 3 aromatic rings. The molecule has 0 bridgehead atoms. The van der Waals surface area contributed by atoms with Crippen LogP contribution in [0.1, 0.15) is 36.5 Å². The summed E-state index contributed by atoms with van der Waals surface area (Å²) in [6.07, 6.45) is 1.70. The van der Waals surface area contributed by atoms with Crippen molar-refractivity contribution >= 4 is 33.2 Å². The number of hydrogen-bond donors (Lipinski definition) is 1. The second-order valence-corrected chi connectivity index (χ2v) is 11.5. The van der Waals surface area contributed by atoms with Crippen LogP contribution in [0, 0.1) is 0 Å². The van der Waals surface area contributed by atoms with Crippen molar-refractivity contribution in [2.75, 3.05) is 36.5 Å². The van der Waals surface area contributed by atoms with Crippen molar-refractivity contribution in [2.45, 2.75) is 37.2 Å². The maximum absolute atomic E-state index is 12.9. The van der Waals surface area contributed by atoms with Crippen molar-refractivity contribution in [2.24, 2.45) is 0 Å². The third kappa shape index (κ3) is 5.91. The molecule has 1 N–H and O–H groups in total. The van der Waals surface area contributed by atoms with Gasteiger partial charge in [0.2, 0.25) is 10.0 Å². The van der Waals surface area contributed by atoms with Crippen molar-refractivity contribution < 1.29 is 27.5 Å². The summed E-state index contributed by atoms with van der Waals surface area (Å²) in [5.74, 6) is 0.770. The molecule has 0 aromatic heterocycles. The fourth-order valence-corrected chi connectivity index (χ4v) is 6.22. The van der Waals surface area contributed by atoms with E-state index in [0.29, 0.717) is 55.3 Å². The lowest BCUT2D eigenvalue weighted by atomic mass is 10.1. The summed E-state index contributed by atoms with van der Waals surface area (Å²) < 4.78 is 38.5. The lowest BCUT2D eigenvalue weighted by Gasteiger charge is -2.33. The molecule has 0 saturated carbocycles. The van der Waals surface area contributed by atoms with Gasteiger partial charge in [-0.25, -0.2) is 8.42 Å². The second kappa shape index (κ2) is 11.5. The lowest BCUT2D eigenvalue weighted by molar-refractivity contribution is -0.125. The number of carbonyl (C=O) groups excluding carboxylic acids is 2. The smallest absolute Gasteiger partial charge is 0.267 e. The predicted octanol–water partition coefficient (Wildman–Crippen LogP) is 4.31. The van der Waals surface area contributed by atoms with Crippen molar-refractivity contribution in [1.29, 1.82) is 0 Å². The summed E-state index contributed by atoms with van der Waals surface area (Å²) in [7, 11) is -3.55. The topological polar surface area (TPSA) is 105 Å². The van der Waals surface area contributed by atoms with Gasteiger partial charge in [-0.1, -0.05) is 18.2 Å². The summed E-state index contributed by atoms with van der Waals surface area (Å²) in [5.41, 5.74) is 1.38.